The van der Waals surface area contributed by atoms with Crippen molar-refractivity contribution >= 4 is 51.0 Å². The number of alkyl halides is 2. The Labute approximate surface area is 129 Å². The molecule has 0 aliphatic carbocycles. The van der Waals surface area contributed by atoms with Gasteiger partial charge in [-0.25, -0.2) is 0 Å². The number of carbonyl (C=O) groups excluding carboxylic acids is 1. The monoisotopic (exact) mass is 458 g/mol. The van der Waals surface area contributed by atoms with E-state index in [0.29, 0.717) is 12.0 Å². The standard InChI is InChI=1S/C13H16I2O2/c1-3-4-11(16)13(14,15)12(17)10-7-5-9(2)6-8-10/h5-8,11,16H,3-4H2,1-2H3. The van der Waals surface area contributed by atoms with Crippen molar-refractivity contribution in [3.63, 3.8) is 0 Å². The van der Waals surface area contributed by atoms with Gasteiger partial charge in [0.25, 0.3) is 0 Å². The molecule has 2 nitrogen and oxygen atoms in total. The Bertz CT molecular complexity index is 385. The molecule has 0 fully saturated rings. The molecule has 0 spiro atoms. The van der Waals surface area contributed by atoms with E-state index in [4.69, 9.17) is 0 Å². The molecular weight excluding hydrogens is 442 g/mol. The first-order valence-corrected chi connectivity index (χ1v) is 7.72. The Morgan fingerprint density at radius 2 is 1.88 bits per heavy atom. The average Bonchev–Trinajstić information content (AvgIpc) is 2.29. The second-order valence-electron chi connectivity index (χ2n) is 4.12. The van der Waals surface area contributed by atoms with Crippen LogP contribution < -0.4 is 0 Å². The second-order valence-corrected chi connectivity index (χ2v) is 9.59. The summed E-state index contributed by atoms with van der Waals surface area (Å²) in [5.41, 5.74) is 1.79. The maximum absolute atomic E-state index is 12.3. The van der Waals surface area contributed by atoms with Crippen LogP contribution in [0.15, 0.2) is 24.3 Å². The zero-order valence-corrected chi connectivity index (χ0v) is 14.2. The zero-order chi connectivity index (χ0) is 13.1. The Hall–Kier alpha value is 0.310. The molecule has 0 saturated heterocycles. The molecule has 0 aliphatic rings. The van der Waals surface area contributed by atoms with Crippen LogP contribution in [0, 0.1) is 6.92 Å². The molecule has 1 N–H and O–H groups in total. The summed E-state index contributed by atoms with van der Waals surface area (Å²) in [6, 6.07) is 7.48. The van der Waals surface area contributed by atoms with E-state index in [2.05, 4.69) is 45.2 Å². The highest BCUT2D eigenvalue weighted by molar-refractivity contribution is 14.2. The third-order valence-corrected chi connectivity index (χ3v) is 5.01. The van der Waals surface area contributed by atoms with E-state index >= 15 is 0 Å². The van der Waals surface area contributed by atoms with Crippen molar-refractivity contribution in [2.24, 2.45) is 0 Å². The number of rotatable bonds is 5. The molecule has 1 aromatic carbocycles. The summed E-state index contributed by atoms with van der Waals surface area (Å²) in [4.78, 5) is 12.3. The number of benzene rings is 1. The smallest absolute Gasteiger partial charge is 0.191 e. The van der Waals surface area contributed by atoms with E-state index in [9.17, 15) is 9.90 Å². The fraction of sp³-hybridized carbons (Fsp3) is 0.462. The van der Waals surface area contributed by atoms with Crippen molar-refractivity contribution in [1.82, 2.24) is 0 Å². The van der Waals surface area contributed by atoms with Crippen LogP contribution in [0.5, 0.6) is 0 Å². The van der Waals surface area contributed by atoms with Gasteiger partial charge in [-0.15, -0.1) is 0 Å². The first-order chi connectivity index (χ1) is 7.89. The second kappa shape index (κ2) is 6.47. The number of Topliss-reactive ketones (excluding diaryl/α,β-unsaturated/α-hetero) is 1. The van der Waals surface area contributed by atoms with Gasteiger partial charge in [0.05, 0.1) is 6.10 Å². The van der Waals surface area contributed by atoms with Gasteiger partial charge in [0.15, 0.2) is 7.21 Å². The predicted molar refractivity (Wildman–Crippen MR) is 87.2 cm³/mol. The fourth-order valence-electron chi connectivity index (χ4n) is 1.50. The van der Waals surface area contributed by atoms with E-state index in [1.165, 1.54) is 0 Å². The number of aliphatic hydroxyl groups excluding tert-OH is 1. The molecule has 4 heteroatoms. The highest BCUT2D eigenvalue weighted by atomic mass is 127. The van der Waals surface area contributed by atoms with Crippen LogP contribution in [-0.2, 0) is 0 Å². The summed E-state index contributed by atoms with van der Waals surface area (Å²) in [5.74, 6) is -0.0142. The van der Waals surface area contributed by atoms with Gasteiger partial charge in [0.1, 0.15) is 0 Å². The first-order valence-electron chi connectivity index (χ1n) is 5.57. The molecule has 0 heterocycles. The Balaban J connectivity index is 2.91. The molecule has 94 valence electrons. The number of hydrogen-bond donors (Lipinski definition) is 1. The van der Waals surface area contributed by atoms with Gasteiger partial charge in [-0.05, 0) is 13.3 Å². The Morgan fingerprint density at radius 1 is 1.35 bits per heavy atom. The van der Waals surface area contributed by atoms with E-state index in [0.717, 1.165) is 12.0 Å². The molecule has 1 rings (SSSR count). The molecular formula is C13H16I2O2. The summed E-state index contributed by atoms with van der Waals surface area (Å²) < 4.78 is -0.777. The molecule has 17 heavy (non-hydrogen) atoms. The molecule has 1 aromatic rings. The molecule has 0 radical (unpaired) electrons. The van der Waals surface area contributed by atoms with E-state index in [-0.39, 0.29) is 5.78 Å². The average molecular weight is 458 g/mol. The predicted octanol–water partition coefficient (Wildman–Crippen LogP) is 3.91. The van der Waals surface area contributed by atoms with Crippen LogP contribution in [-0.4, -0.2) is 18.4 Å². The lowest BCUT2D eigenvalue weighted by molar-refractivity contribution is 0.0885. The summed E-state index contributed by atoms with van der Waals surface area (Å²) in [6.07, 6.45) is 0.905. The summed E-state index contributed by atoms with van der Waals surface area (Å²) in [5, 5.41) is 10.0. The fourth-order valence-corrected chi connectivity index (χ4v) is 2.75. The number of aliphatic hydroxyl groups is 1. The molecule has 0 bridgehead atoms. The highest BCUT2D eigenvalue weighted by Crippen LogP contribution is 2.37. The zero-order valence-electron chi connectivity index (χ0n) is 9.91. The first kappa shape index (κ1) is 15.4. The van der Waals surface area contributed by atoms with E-state index < -0.39 is 7.53 Å². The largest absolute Gasteiger partial charge is 0.390 e. The SMILES string of the molecule is CCCC(O)C(I)(I)C(=O)c1ccc(C)cc1. The van der Waals surface area contributed by atoms with Gasteiger partial charge < -0.3 is 5.11 Å². The topological polar surface area (TPSA) is 37.3 Å². The molecule has 0 amide bonds. The summed E-state index contributed by atoms with van der Waals surface area (Å²) in [7, 11) is 0. The lowest BCUT2D eigenvalue weighted by Gasteiger charge is -2.25. The summed E-state index contributed by atoms with van der Waals surface area (Å²) in [6.45, 7) is 3.99. The molecule has 0 saturated carbocycles. The Morgan fingerprint density at radius 3 is 2.35 bits per heavy atom. The van der Waals surface area contributed by atoms with Gasteiger partial charge in [0.2, 0.25) is 0 Å². The quantitative estimate of drug-likeness (QED) is 0.413. The lowest BCUT2D eigenvalue weighted by Crippen LogP contribution is -2.38. The minimum absolute atomic E-state index is 0.0142. The van der Waals surface area contributed by atoms with Crippen LogP contribution in [0.4, 0.5) is 0 Å². The minimum Gasteiger partial charge on any atom is -0.390 e. The molecule has 1 atom stereocenters. The van der Waals surface area contributed by atoms with Gasteiger partial charge in [-0.3, -0.25) is 4.79 Å². The van der Waals surface area contributed by atoms with Crippen LogP contribution >= 0.6 is 45.2 Å². The van der Waals surface area contributed by atoms with Crippen LogP contribution in [0.2, 0.25) is 0 Å². The van der Waals surface area contributed by atoms with Gasteiger partial charge in [0, 0.05) is 5.56 Å². The van der Waals surface area contributed by atoms with E-state index in [1.54, 1.807) is 0 Å². The summed E-state index contributed by atoms with van der Waals surface area (Å²) >= 11 is 4.10. The van der Waals surface area contributed by atoms with Crippen molar-refractivity contribution in [3.05, 3.63) is 35.4 Å². The van der Waals surface area contributed by atoms with Crippen molar-refractivity contribution < 1.29 is 9.90 Å². The highest BCUT2D eigenvalue weighted by Gasteiger charge is 2.39. The number of carbonyl (C=O) groups is 1. The van der Waals surface area contributed by atoms with Crippen LogP contribution in [0.1, 0.15) is 35.7 Å². The van der Waals surface area contributed by atoms with Crippen molar-refractivity contribution in [1.29, 1.82) is 0 Å². The normalized spacial score (nSPS) is 13.5. The van der Waals surface area contributed by atoms with Crippen molar-refractivity contribution in [2.45, 2.75) is 34.2 Å². The third kappa shape index (κ3) is 3.89. The van der Waals surface area contributed by atoms with E-state index in [1.807, 2.05) is 38.1 Å². The van der Waals surface area contributed by atoms with Crippen LogP contribution in [0.25, 0.3) is 0 Å². The number of aryl methyl sites for hydroxylation is 1. The number of ketones is 1. The minimum atomic E-state index is -0.777. The van der Waals surface area contributed by atoms with Gasteiger partial charge >= 0.3 is 0 Å². The number of hydrogen-bond acceptors (Lipinski definition) is 2. The van der Waals surface area contributed by atoms with Gasteiger partial charge in [-0.1, -0.05) is 88.4 Å². The van der Waals surface area contributed by atoms with Gasteiger partial charge in [-0.2, -0.15) is 0 Å². The maximum atomic E-state index is 12.3. The Kier molecular flexibility index (Phi) is 5.85. The van der Waals surface area contributed by atoms with Crippen molar-refractivity contribution in [2.75, 3.05) is 0 Å². The molecule has 0 aliphatic heterocycles. The lowest BCUT2D eigenvalue weighted by atomic mass is 10.0. The van der Waals surface area contributed by atoms with Crippen LogP contribution in [0.3, 0.4) is 0 Å². The molecule has 0 aromatic heterocycles. The third-order valence-electron chi connectivity index (χ3n) is 2.60. The maximum Gasteiger partial charge on any atom is 0.191 e. The number of halogens is 2. The molecule has 1 unspecified atom stereocenters. The van der Waals surface area contributed by atoms with Crippen molar-refractivity contribution in [3.8, 4) is 0 Å².